The topological polar surface area (TPSA) is 20.2 Å². The van der Waals surface area contributed by atoms with Crippen LogP contribution in [0.15, 0.2) is 0 Å². The van der Waals surface area contributed by atoms with Crippen LogP contribution in [0, 0.1) is 10.8 Å². The molecule has 0 heterocycles. The first-order valence-electron chi connectivity index (χ1n) is 6.30. The van der Waals surface area contributed by atoms with E-state index in [1.165, 1.54) is 19.3 Å². The largest absolute Gasteiger partial charge is 0.393 e. The molecule has 2 fully saturated rings. The third-order valence-corrected chi connectivity index (χ3v) is 5.58. The summed E-state index contributed by atoms with van der Waals surface area (Å²) in [5, 5.41) is 10.0. The molecule has 0 amide bonds. The average Bonchev–Trinajstić information content (AvgIpc) is 2.17. The van der Waals surface area contributed by atoms with E-state index in [0.717, 1.165) is 19.3 Å². The standard InChI is InChI=1S/C13H23BO/c1-11(2)10(15)6-9-12(3)7-4-5-8-13(11,12)14/h10,15H,4-9H2,1-3H3/t10?,12?,13-/m1/s1. The molecule has 2 rings (SSSR count). The minimum Gasteiger partial charge on any atom is -0.393 e. The van der Waals surface area contributed by atoms with E-state index in [0.29, 0.717) is 0 Å². The maximum Gasteiger partial charge on any atom is 0.0762 e. The van der Waals surface area contributed by atoms with Crippen LogP contribution in [-0.4, -0.2) is 19.1 Å². The SMILES string of the molecule is [B][C@@]12CCCCC1(C)CCC(O)C2(C)C. The summed E-state index contributed by atoms with van der Waals surface area (Å²) in [4.78, 5) is 0. The van der Waals surface area contributed by atoms with Crippen molar-refractivity contribution in [2.24, 2.45) is 10.8 Å². The maximum absolute atomic E-state index is 10.2. The molecule has 0 bridgehead atoms. The van der Waals surface area contributed by atoms with Crippen LogP contribution in [0.25, 0.3) is 0 Å². The molecule has 0 aromatic carbocycles. The van der Waals surface area contributed by atoms with Gasteiger partial charge in [0.25, 0.3) is 0 Å². The van der Waals surface area contributed by atoms with Crippen molar-refractivity contribution in [3.05, 3.63) is 0 Å². The van der Waals surface area contributed by atoms with Crippen LogP contribution in [0.1, 0.15) is 59.3 Å². The molecule has 2 saturated carbocycles. The van der Waals surface area contributed by atoms with E-state index in [-0.39, 0.29) is 22.2 Å². The quantitative estimate of drug-likeness (QED) is 0.604. The molecule has 15 heavy (non-hydrogen) atoms. The lowest BCUT2D eigenvalue weighted by molar-refractivity contribution is -0.0994. The van der Waals surface area contributed by atoms with Crippen LogP contribution in [-0.2, 0) is 0 Å². The lowest BCUT2D eigenvalue weighted by Crippen LogP contribution is -2.55. The third kappa shape index (κ3) is 1.33. The van der Waals surface area contributed by atoms with Crippen LogP contribution in [0.4, 0.5) is 0 Å². The molecule has 84 valence electrons. The molecular formula is C13H23BO. The highest BCUT2D eigenvalue weighted by atomic mass is 16.3. The fraction of sp³-hybridized carbons (Fsp3) is 1.00. The van der Waals surface area contributed by atoms with Gasteiger partial charge in [-0.25, -0.2) is 0 Å². The second-order valence-corrected chi connectivity index (χ2v) is 6.52. The fourth-order valence-electron chi connectivity index (χ4n) is 4.01. The zero-order valence-corrected chi connectivity index (χ0v) is 10.3. The Morgan fingerprint density at radius 2 is 1.67 bits per heavy atom. The second-order valence-electron chi connectivity index (χ2n) is 6.52. The van der Waals surface area contributed by atoms with Crippen LogP contribution in [0.3, 0.4) is 0 Å². The molecule has 0 aromatic rings. The predicted molar refractivity (Wildman–Crippen MR) is 64.0 cm³/mol. The van der Waals surface area contributed by atoms with Gasteiger partial charge >= 0.3 is 0 Å². The van der Waals surface area contributed by atoms with Gasteiger partial charge in [-0.1, -0.05) is 45.3 Å². The fourth-order valence-corrected chi connectivity index (χ4v) is 4.01. The molecular weight excluding hydrogens is 183 g/mol. The number of hydrogen-bond acceptors (Lipinski definition) is 1. The summed E-state index contributed by atoms with van der Waals surface area (Å²) in [5.41, 5.74) is 0.106. The van der Waals surface area contributed by atoms with Gasteiger partial charge in [-0.15, -0.1) is 0 Å². The van der Waals surface area contributed by atoms with Crippen molar-refractivity contribution in [3.8, 4) is 0 Å². The van der Waals surface area contributed by atoms with Gasteiger partial charge in [-0.3, -0.25) is 0 Å². The van der Waals surface area contributed by atoms with Crippen molar-refractivity contribution in [2.45, 2.75) is 70.7 Å². The van der Waals surface area contributed by atoms with E-state index in [2.05, 4.69) is 20.8 Å². The highest BCUT2D eigenvalue weighted by molar-refractivity contribution is 6.16. The van der Waals surface area contributed by atoms with Crippen LogP contribution < -0.4 is 0 Å². The van der Waals surface area contributed by atoms with Crippen molar-refractivity contribution < 1.29 is 5.11 Å². The van der Waals surface area contributed by atoms with Crippen molar-refractivity contribution >= 4 is 7.85 Å². The van der Waals surface area contributed by atoms with E-state index in [4.69, 9.17) is 7.85 Å². The van der Waals surface area contributed by atoms with Crippen molar-refractivity contribution in [1.29, 1.82) is 0 Å². The lowest BCUT2D eigenvalue weighted by Gasteiger charge is -2.64. The molecule has 0 aliphatic heterocycles. The van der Waals surface area contributed by atoms with Crippen LogP contribution in [0.2, 0.25) is 5.31 Å². The zero-order chi connectivity index (χ0) is 11.3. The number of fused-ring (bicyclic) bond motifs is 1. The Kier molecular flexibility index (Phi) is 2.50. The van der Waals surface area contributed by atoms with Crippen LogP contribution in [0.5, 0.6) is 0 Å². The van der Waals surface area contributed by atoms with Gasteiger partial charge in [-0.05, 0) is 30.1 Å². The van der Waals surface area contributed by atoms with Gasteiger partial charge in [-0.2, -0.15) is 0 Å². The molecule has 1 N–H and O–H groups in total. The number of aliphatic hydroxyl groups is 1. The Morgan fingerprint density at radius 3 is 2.33 bits per heavy atom. The maximum atomic E-state index is 10.2. The Bertz CT molecular complexity index is 257. The summed E-state index contributed by atoms with van der Waals surface area (Å²) in [6.07, 6.45) is 6.63. The minimum absolute atomic E-state index is 0.138. The zero-order valence-electron chi connectivity index (χ0n) is 10.3. The summed E-state index contributed by atoms with van der Waals surface area (Å²) in [6.45, 7) is 6.64. The summed E-state index contributed by atoms with van der Waals surface area (Å²) in [6, 6.07) is 0. The van der Waals surface area contributed by atoms with Gasteiger partial charge < -0.3 is 5.11 Å². The molecule has 2 aliphatic rings. The molecule has 0 saturated heterocycles. The average molecular weight is 206 g/mol. The van der Waals surface area contributed by atoms with Crippen molar-refractivity contribution in [3.63, 3.8) is 0 Å². The smallest absolute Gasteiger partial charge is 0.0762 e. The highest BCUT2D eigenvalue weighted by Gasteiger charge is 2.58. The summed E-state index contributed by atoms with van der Waals surface area (Å²) < 4.78 is 0. The molecule has 1 nitrogen and oxygen atoms in total. The van der Waals surface area contributed by atoms with E-state index >= 15 is 0 Å². The van der Waals surface area contributed by atoms with Crippen molar-refractivity contribution in [2.75, 3.05) is 0 Å². The summed E-state index contributed by atoms with van der Waals surface area (Å²) in [5.74, 6) is 0. The molecule has 0 spiro atoms. The first-order valence-corrected chi connectivity index (χ1v) is 6.30. The third-order valence-electron chi connectivity index (χ3n) is 5.58. The minimum atomic E-state index is -0.228. The Labute approximate surface area is 95.1 Å². The van der Waals surface area contributed by atoms with Crippen LogP contribution >= 0.6 is 0 Å². The lowest BCUT2D eigenvalue weighted by atomic mass is 9.34. The Hall–Kier alpha value is 0.0249. The molecule has 2 heteroatoms. The van der Waals surface area contributed by atoms with Crippen molar-refractivity contribution in [1.82, 2.24) is 0 Å². The first kappa shape index (κ1) is 11.5. The van der Waals surface area contributed by atoms with Gasteiger partial charge in [0.05, 0.1) is 14.0 Å². The number of rotatable bonds is 0. The highest BCUT2D eigenvalue weighted by Crippen LogP contribution is 2.69. The predicted octanol–water partition coefficient (Wildman–Crippen LogP) is 3.07. The molecule has 3 atom stereocenters. The van der Waals surface area contributed by atoms with Gasteiger partial charge in [0.15, 0.2) is 0 Å². The van der Waals surface area contributed by atoms with E-state index in [1.54, 1.807) is 0 Å². The van der Waals surface area contributed by atoms with E-state index in [9.17, 15) is 5.11 Å². The second kappa shape index (κ2) is 3.26. The molecule has 2 unspecified atom stereocenters. The first-order chi connectivity index (χ1) is 6.83. The van der Waals surface area contributed by atoms with E-state index in [1.807, 2.05) is 0 Å². The summed E-state index contributed by atoms with van der Waals surface area (Å²) in [7, 11) is 6.71. The molecule has 2 aliphatic carbocycles. The monoisotopic (exact) mass is 206 g/mol. The number of aliphatic hydroxyl groups excluding tert-OH is 1. The Morgan fingerprint density at radius 1 is 1.07 bits per heavy atom. The number of hydrogen-bond donors (Lipinski definition) is 1. The van der Waals surface area contributed by atoms with E-state index < -0.39 is 0 Å². The Balaban J connectivity index is 2.40. The normalized spacial score (nSPS) is 49.7. The summed E-state index contributed by atoms with van der Waals surface area (Å²) >= 11 is 0. The molecule has 0 aromatic heterocycles. The van der Waals surface area contributed by atoms with Gasteiger partial charge in [0.1, 0.15) is 0 Å². The van der Waals surface area contributed by atoms with Gasteiger partial charge in [0.2, 0.25) is 0 Å². The van der Waals surface area contributed by atoms with Gasteiger partial charge in [0, 0.05) is 0 Å². The molecule has 2 radical (unpaired) electrons.